The molecule has 2 N–H and O–H groups in total. The fourth-order valence-electron chi connectivity index (χ4n) is 2.02. The molecule has 1 atom stereocenters. The molecule has 0 spiro atoms. The van der Waals surface area contributed by atoms with Gasteiger partial charge in [0.15, 0.2) is 6.61 Å². The quantitative estimate of drug-likeness (QED) is 0.798. The Balaban J connectivity index is 1.88. The fourth-order valence-corrected chi connectivity index (χ4v) is 2.02. The van der Waals surface area contributed by atoms with Gasteiger partial charge >= 0.3 is 5.97 Å². The van der Waals surface area contributed by atoms with Gasteiger partial charge in [-0.3, -0.25) is 9.59 Å². The van der Waals surface area contributed by atoms with Gasteiger partial charge in [-0.05, 0) is 25.0 Å². The number of aromatic hydroxyl groups is 1. The van der Waals surface area contributed by atoms with E-state index in [4.69, 9.17) is 9.15 Å². The van der Waals surface area contributed by atoms with Crippen molar-refractivity contribution in [3.63, 3.8) is 0 Å². The molecule has 0 aliphatic rings. The van der Waals surface area contributed by atoms with Crippen LogP contribution in [0.25, 0.3) is 11.0 Å². The van der Waals surface area contributed by atoms with Gasteiger partial charge in [-0.15, -0.1) is 0 Å². The van der Waals surface area contributed by atoms with Crippen molar-refractivity contribution in [3.05, 3.63) is 30.0 Å². The van der Waals surface area contributed by atoms with Crippen LogP contribution in [0.4, 0.5) is 0 Å². The number of furan rings is 1. The lowest BCUT2D eigenvalue weighted by Crippen LogP contribution is -2.38. The second-order valence-electron chi connectivity index (χ2n) is 5.88. The first kappa shape index (κ1) is 16.9. The molecule has 0 aliphatic heterocycles. The van der Waals surface area contributed by atoms with Gasteiger partial charge < -0.3 is 19.6 Å². The van der Waals surface area contributed by atoms with E-state index in [1.54, 1.807) is 6.07 Å². The van der Waals surface area contributed by atoms with Crippen molar-refractivity contribution in [1.29, 1.82) is 0 Å². The van der Waals surface area contributed by atoms with Crippen LogP contribution in [0.3, 0.4) is 0 Å². The number of hydrogen-bond acceptors (Lipinski definition) is 5. The zero-order valence-electron chi connectivity index (χ0n) is 13.5. The van der Waals surface area contributed by atoms with Gasteiger partial charge in [0.2, 0.25) is 0 Å². The zero-order valence-corrected chi connectivity index (χ0v) is 13.5. The monoisotopic (exact) mass is 319 g/mol. The molecule has 0 aliphatic carbocycles. The largest absolute Gasteiger partial charge is 0.508 e. The van der Waals surface area contributed by atoms with Gasteiger partial charge in [0.1, 0.15) is 11.3 Å². The van der Waals surface area contributed by atoms with Crippen molar-refractivity contribution in [3.8, 4) is 5.75 Å². The van der Waals surface area contributed by atoms with Crippen molar-refractivity contribution in [2.24, 2.45) is 5.92 Å². The predicted octanol–water partition coefficient (Wildman–Crippen LogP) is 2.38. The Morgan fingerprint density at radius 1 is 1.30 bits per heavy atom. The highest BCUT2D eigenvalue weighted by Crippen LogP contribution is 2.25. The van der Waals surface area contributed by atoms with Crippen LogP contribution in [0.15, 0.2) is 28.9 Å². The average molecular weight is 319 g/mol. The molecule has 2 rings (SSSR count). The topological polar surface area (TPSA) is 88.8 Å². The summed E-state index contributed by atoms with van der Waals surface area (Å²) in [5.41, 5.74) is 1.15. The third-order valence-corrected chi connectivity index (χ3v) is 3.73. The minimum atomic E-state index is -0.506. The molecular formula is C17H21NO5. The number of ether oxygens (including phenoxy) is 1. The summed E-state index contributed by atoms with van der Waals surface area (Å²) in [7, 11) is 0. The molecule has 1 aromatic heterocycles. The second-order valence-corrected chi connectivity index (χ2v) is 5.88. The van der Waals surface area contributed by atoms with Gasteiger partial charge in [0.05, 0.1) is 12.7 Å². The first-order valence-electron chi connectivity index (χ1n) is 7.51. The second kappa shape index (κ2) is 7.17. The van der Waals surface area contributed by atoms with Crippen LogP contribution in [-0.2, 0) is 20.7 Å². The Labute approximate surface area is 134 Å². The molecule has 0 saturated carbocycles. The van der Waals surface area contributed by atoms with Crippen molar-refractivity contribution in [2.45, 2.75) is 33.2 Å². The Kier molecular flexibility index (Phi) is 5.26. The van der Waals surface area contributed by atoms with E-state index in [0.29, 0.717) is 17.1 Å². The number of phenolic OH excluding ortho intramolecular Hbond substituents is 1. The number of fused-ring (bicyclic) bond motifs is 1. The van der Waals surface area contributed by atoms with Crippen LogP contribution >= 0.6 is 0 Å². The minimum Gasteiger partial charge on any atom is -0.508 e. The zero-order chi connectivity index (χ0) is 17.0. The number of hydrogen-bond donors (Lipinski definition) is 2. The predicted molar refractivity (Wildman–Crippen MR) is 85.0 cm³/mol. The first-order chi connectivity index (χ1) is 10.9. The SMILES string of the molecule is CC(C)[C@H](C)NC(=O)COC(=O)Cc1coc2cc(O)ccc12. The van der Waals surface area contributed by atoms with E-state index in [1.165, 1.54) is 18.4 Å². The summed E-state index contributed by atoms with van der Waals surface area (Å²) in [6.07, 6.45) is 1.46. The molecule has 0 radical (unpaired) electrons. The highest BCUT2D eigenvalue weighted by atomic mass is 16.5. The molecule has 124 valence electrons. The Bertz CT molecular complexity index is 704. The van der Waals surface area contributed by atoms with E-state index in [-0.39, 0.29) is 30.7 Å². The third kappa shape index (κ3) is 4.48. The lowest BCUT2D eigenvalue weighted by Gasteiger charge is -2.17. The maximum atomic E-state index is 11.9. The molecule has 6 heteroatoms. The summed E-state index contributed by atoms with van der Waals surface area (Å²) in [6, 6.07) is 4.69. The lowest BCUT2D eigenvalue weighted by atomic mass is 10.1. The summed E-state index contributed by atoms with van der Waals surface area (Å²) >= 11 is 0. The molecule has 2 aromatic rings. The minimum absolute atomic E-state index is 0.00475. The van der Waals surface area contributed by atoms with Crippen molar-refractivity contribution in [2.75, 3.05) is 6.61 Å². The maximum Gasteiger partial charge on any atom is 0.310 e. The molecule has 1 heterocycles. The number of nitrogens with one attached hydrogen (secondary N) is 1. The summed E-state index contributed by atoms with van der Waals surface area (Å²) in [5, 5.41) is 12.9. The third-order valence-electron chi connectivity index (χ3n) is 3.73. The number of benzene rings is 1. The Morgan fingerprint density at radius 3 is 2.74 bits per heavy atom. The molecule has 0 bridgehead atoms. The molecule has 1 amide bonds. The molecule has 0 saturated heterocycles. The van der Waals surface area contributed by atoms with E-state index in [9.17, 15) is 14.7 Å². The summed E-state index contributed by atoms with van der Waals surface area (Å²) < 4.78 is 10.3. The van der Waals surface area contributed by atoms with Crippen LogP contribution in [0.1, 0.15) is 26.3 Å². The smallest absolute Gasteiger partial charge is 0.310 e. The number of esters is 1. The van der Waals surface area contributed by atoms with E-state index >= 15 is 0 Å². The molecule has 1 aromatic carbocycles. The normalized spacial score (nSPS) is 12.3. The Hall–Kier alpha value is -2.50. The van der Waals surface area contributed by atoms with Crippen molar-refractivity contribution >= 4 is 22.8 Å². The highest BCUT2D eigenvalue weighted by Gasteiger charge is 2.15. The Morgan fingerprint density at radius 2 is 2.04 bits per heavy atom. The van der Waals surface area contributed by atoms with Crippen LogP contribution in [0.5, 0.6) is 5.75 Å². The molecule has 6 nitrogen and oxygen atoms in total. The number of carbonyl (C=O) groups is 2. The van der Waals surface area contributed by atoms with Gasteiger partial charge in [-0.1, -0.05) is 13.8 Å². The lowest BCUT2D eigenvalue weighted by molar-refractivity contribution is -0.148. The van der Waals surface area contributed by atoms with E-state index in [1.807, 2.05) is 20.8 Å². The van der Waals surface area contributed by atoms with Gasteiger partial charge in [-0.25, -0.2) is 0 Å². The first-order valence-corrected chi connectivity index (χ1v) is 7.51. The average Bonchev–Trinajstić information content (AvgIpc) is 2.87. The van der Waals surface area contributed by atoms with Crippen LogP contribution in [0, 0.1) is 5.92 Å². The summed E-state index contributed by atoms with van der Waals surface area (Å²) in [4.78, 5) is 23.5. The maximum absolute atomic E-state index is 11.9. The summed E-state index contributed by atoms with van der Waals surface area (Å²) in [5.74, 6) is -0.421. The molecule has 23 heavy (non-hydrogen) atoms. The fraction of sp³-hybridized carbons (Fsp3) is 0.412. The molecule has 0 fully saturated rings. The standard InChI is InChI=1S/C17H21NO5/c1-10(2)11(3)18-16(20)9-23-17(21)6-12-8-22-15-7-13(19)4-5-14(12)15/h4-5,7-8,10-11,19H,6,9H2,1-3H3,(H,18,20)/t11-/m0/s1. The number of amides is 1. The number of phenols is 1. The van der Waals surface area contributed by atoms with Gasteiger partial charge in [0.25, 0.3) is 5.91 Å². The molecular weight excluding hydrogens is 298 g/mol. The van der Waals surface area contributed by atoms with Crippen LogP contribution in [-0.4, -0.2) is 29.6 Å². The van der Waals surface area contributed by atoms with E-state index in [0.717, 1.165) is 5.39 Å². The van der Waals surface area contributed by atoms with Crippen LogP contribution in [0.2, 0.25) is 0 Å². The van der Waals surface area contributed by atoms with E-state index in [2.05, 4.69) is 5.32 Å². The number of rotatable bonds is 6. The van der Waals surface area contributed by atoms with Gasteiger partial charge in [0, 0.05) is 23.1 Å². The highest BCUT2D eigenvalue weighted by molar-refractivity contribution is 5.87. The van der Waals surface area contributed by atoms with Crippen LogP contribution < -0.4 is 5.32 Å². The van der Waals surface area contributed by atoms with Gasteiger partial charge in [-0.2, -0.15) is 0 Å². The van der Waals surface area contributed by atoms with Crippen molar-refractivity contribution < 1.29 is 23.8 Å². The van der Waals surface area contributed by atoms with E-state index < -0.39 is 5.97 Å². The summed E-state index contributed by atoms with van der Waals surface area (Å²) in [6.45, 7) is 5.60. The number of carbonyl (C=O) groups excluding carboxylic acids is 2. The molecule has 0 unspecified atom stereocenters. The van der Waals surface area contributed by atoms with Crippen molar-refractivity contribution in [1.82, 2.24) is 5.32 Å².